The molecule has 1 amide bonds. The first kappa shape index (κ1) is 19.3. The molecule has 4 aromatic rings. The Morgan fingerprint density at radius 2 is 2.00 bits per heavy atom. The summed E-state index contributed by atoms with van der Waals surface area (Å²) in [6.45, 7) is 2.53. The molecule has 0 aliphatic carbocycles. The maximum absolute atomic E-state index is 13.0. The second-order valence-corrected chi connectivity index (χ2v) is 7.69. The van der Waals surface area contributed by atoms with Gasteiger partial charge in [-0.05, 0) is 31.2 Å². The van der Waals surface area contributed by atoms with Gasteiger partial charge in [0.15, 0.2) is 0 Å². The average molecular weight is 425 g/mol. The predicted molar refractivity (Wildman–Crippen MR) is 115 cm³/mol. The van der Waals surface area contributed by atoms with Crippen molar-refractivity contribution >= 4 is 39.7 Å². The first-order valence-corrected chi connectivity index (χ1v) is 10.3. The van der Waals surface area contributed by atoms with Crippen molar-refractivity contribution in [3.8, 4) is 10.6 Å². The Hall–Kier alpha value is -3.03. The Labute approximate surface area is 175 Å². The second kappa shape index (κ2) is 8.14. The molecule has 8 heteroatoms. The van der Waals surface area contributed by atoms with Crippen LogP contribution in [-0.4, -0.2) is 32.3 Å². The van der Waals surface area contributed by atoms with Crippen LogP contribution in [0.4, 0.5) is 0 Å². The maximum Gasteiger partial charge on any atom is 0.273 e. The van der Waals surface area contributed by atoms with Crippen molar-refractivity contribution in [1.29, 1.82) is 0 Å². The Bertz CT molecular complexity index is 1250. The number of benzene rings is 2. The number of rotatable bonds is 5. The summed E-state index contributed by atoms with van der Waals surface area (Å²) in [5, 5.41) is 3.60. The Kier molecular flexibility index (Phi) is 5.42. The highest BCUT2D eigenvalue weighted by molar-refractivity contribution is 7.13. The Morgan fingerprint density at radius 3 is 2.79 bits per heavy atom. The molecule has 2 aromatic carbocycles. The van der Waals surface area contributed by atoms with Gasteiger partial charge in [-0.3, -0.25) is 9.59 Å². The lowest BCUT2D eigenvalue weighted by molar-refractivity contribution is 0.0743. The molecule has 0 aliphatic heterocycles. The normalized spacial score (nSPS) is 11.0. The molecule has 0 atom stereocenters. The van der Waals surface area contributed by atoms with Gasteiger partial charge in [0.1, 0.15) is 16.5 Å². The van der Waals surface area contributed by atoms with Crippen molar-refractivity contribution in [2.75, 3.05) is 6.54 Å². The van der Waals surface area contributed by atoms with E-state index in [1.165, 1.54) is 11.3 Å². The van der Waals surface area contributed by atoms with Crippen LogP contribution in [0, 0.1) is 0 Å². The number of nitrogens with one attached hydrogen (secondary N) is 1. The largest absolute Gasteiger partial charge is 0.330 e. The summed E-state index contributed by atoms with van der Waals surface area (Å²) in [6, 6.07) is 14.5. The number of halogens is 1. The molecule has 0 saturated carbocycles. The smallest absolute Gasteiger partial charge is 0.273 e. The van der Waals surface area contributed by atoms with E-state index in [2.05, 4.69) is 15.0 Å². The molecule has 0 bridgehead atoms. The molecule has 29 heavy (non-hydrogen) atoms. The quantitative estimate of drug-likeness (QED) is 0.516. The van der Waals surface area contributed by atoms with Gasteiger partial charge in [-0.1, -0.05) is 35.9 Å². The molecule has 0 fully saturated rings. The highest BCUT2D eigenvalue weighted by Gasteiger charge is 2.19. The van der Waals surface area contributed by atoms with Crippen LogP contribution >= 0.6 is 22.9 Å². The van der Waals surface area contributed by atoms with Crippen molar-refractivity contribution in [3.05, 3.63) is 80.8 Å². The minimum Gasteiger partial charge on any atom is -0.330 e. The summed E-state index contributed by atoms with van der Waals surface area (Å²) in [6.07, 6.45) is 0. The van der Waals surface area contributed by atoms with Crippen molar-refractivity contribution in [1.82, 2.24) is 19.9 Å². The molecule has 0 unspecified atom stereocenters. The molecule has 6 nitrogen and oxygen atoms in total. The van der Waals surface area contributed by atoms with Gasteiger partial charge >= 0.3 is 0 Å². The predicted octanol–water partition coefficient (Wildman–Crippen LogP) is 4.36. The third-order valence-electron chi connectivity index (χ3n) is 4.47. The van der Waals surface area contributed by atoms with Crippen LogP contribution in [0.25, 0.3) is 21.5 Å². The van der Waals surface area contributed by atoms with Crippen LogP contribution in [-0.2, 0) is 6.54 Å². The van der Waals surface area contributed by atoms with Gasteiger partial charge in [0, 0.05) is 22.5 Å². The van der Waals surface area contributed by atoms with Crippen molar-refractivity contribution in [3.63, 3.8) is 0 Å². The van der Waals surface area contributed by atoms with E-state index in [4.69, 9.17) is 11.6 Å². The van der Waals surface area contributed by atoms with E-state index in [9.17, 15) is 9.59 Å². The van der Waals surface area contributed by atoms with E-state index in [-0.39, 0.29) is 18.0 Å². The number of aromatic nitrogens is 3. The summed E-state index contributed by atoms with van der Waals surface area (Å²) in [5.74, 6) is 0.224. The number of hydrogen-bond acceptors (Lipinski definition) is 5. The van der Waals surface area contributed by atoms with E-state index in [0.717, 1.165) is 10.6 Å². The molecule has 0 radical (unpaired) electrons. The van der Waals surface area contributed by atoms with Gasteiger partial charge in [0.2, 0.25) is 0 Å². The van der Waals surface area contributed by atoms with Crippen LogP contribution in [0.15, 0.2) is 58.7 Å². The van der Waals surface area contributed by atoms with Crippen molar-refractivity contribution < 1.29 is 4.79 Å². The third-order valence-corrected chi connectivity index (χ3v) is 5.59. The van der Waals surface area contributed by atoms with E-state index < -0.39 is 0 Å². The number of para-hydroxylation sites is 1. The van der Waals surface area contributed by atoms with Crippen LogP contribution < -0.4 is 5.56 Å². The Balaban J connectivity index is 1.58. The van der Waals surface area contributed by atoms with Gasteiger partial charge < -0.3 is 9.88 Å². The molecule has 1 N–H and O–H groups in total. The van der Waals surface area contributed by atoms with E-state index >= 15 is 0 Å². The number of fused-ring (bicyclic) bond motifs is 1. The van der Waals surface area contributed by atoms with Gasteiger partial charge in [-0.15, -0.1) is 11.3 Å². The third kappa shape index (κ3) is 4.06. The molecule has 0 spiro atoms. The topological polar surface area (TPSA) is 79.0 Å². The zero-order valence-electron chi connectivity index (χ0n) is 15.6. The zero-order valence-corrected chi connectivity index (χ0v) is 17.1. The number of carbonyl (C=O) groups excluding carboxylic acids is 1. The molecule has 0 aliphatic rings. The van der Waals surface area contributed by atoms with E-state index in [1.54, 1.807) is 34.5 Å². The zero-order chi connectivity index (χ0) is 20.4. The fourth-order valence-electron chi connectivity index (χ4n) is 3.01. The molecule has 4 rings (SSSR count). The van der Waals surface area contributed by atoms with E-state index in [0.29, 0.717) is 34.0 Å². The molecule has 146 valence electrons. The van der Waals surface area contributed by atoms with Crippen LogP contribution in [0.2, 0.25) is 5.02 Å². The summed E-state index contributed by atoms with van der Waals surface area (Å²) >= 11 is 7.43. The van der Waals surface area contributed by atoms with Crippen LogP contribution in [0.5, 0.6) is 0 Å². The Morgan fingerprint density at radius 1 is 1.17 bits per heavy atom. The lowest BCUT2D eigenvalue weighted by Gasteiger charge is -2.19. The first-order valence-electron chi connectivity index (χ1n) is 9.04. The first-order chi connectivity index (χ1) is 14.0. The highest BCUT2D eigenvalue weighted by Crippen LogP contribution is 2.26. The second-order valence-electron chi connectivity index (χ2n) is 6.40. The number of H-pyrrole nitrogens is 1. The average Bonchev–Trinajstić information content (AvgIpc) is 3.22. The summed E-state index contributed by atoms with van der Waals surface area (Å²) < 4.78 is 0. The minimum atomic E-state index is -0.217. The van der Waals surface area contributed by atoms with Crippen molar-refractivity contribution in [2.45, 2.75) is 13.5 Å². The lowest BCUT2D eigenvalue weighted by Crippen LogP contribution is -2.32. The molecule has 0 saturated heterocycles. The molecule has 2 aromatic heterocycles. The summed E-state index contributed by atoms with van der Waals surface area (Å²) in [5.41, 5.74) is 1.61. The fourth-order valence-corrected chi connectivity index (χ4v) is 3.99. The number of amides is 1. The number of hydrogen-bond donors (Lipinski definition) is 1. The number of aromatic amines is 1. The standard InChI is InChI=1S/C21H17ClN4O2S/c1-2-26(11-18-23-16-9-4-3-8-15(16)19(27)25-18)21(28)17-12-29-20(24-17)13-6-5-7-14(22)10-13/h3-10,12H,2,11H2,1H3,(H,23,25,27). The van der Waals surface area contributed by atoms with Crippen LogP contribution in [0.1, 0.15) is 23.2 Å². The van der Waals surface area contributed by atoms with Gasteiger partial charge in [-0.2, -0.15) is 0 Å². The van der Waals surface area contributed by atoms with Crippen LogP contribution in [0.3, 0.4) is 0 Å². The number of nitrogens with zero attached hydrogens (tertiary/aromatic N) is 3. The maximum atomic E-state index is 13.0. The molecular formula is C21H17ClN4O2S. The number of carbonyl (C=O) groups is 1. The minimum absolute atomic E-state index is 0.194. The van der Waals surface area contributed by atoms with Gasteiger partial charge in [0.25, 0.3) is 11.5 Å². The fraction of sp³-hybridized carbons (Fsp3) is 0.143. The highest BCUT2D eigenvalue weighted by atomic mass is 35.5. The summed E-state index contributed by atoms with van der Waals surface area (Å²) in [7, 11) is 0. The molecule has 2 heterocycles. The van der Waals surface area contributed by atoms with Gasteiger partial charge in [0.05, 0.1) is 17.4 Å². The lowest BCUT2D eigenvalue weighted by atomic mass is 10.2. The monoisotopic (exact) mass is 424 g/mol. The van der Waals surface area contributed by atoms with Gasteiger partial charge in [-0.25, -0.2) is 9.97 Å². The van der Waals surface area contributed by atoms with E-state index in [1.807, 2.05) is 31.2 Å². The summed E-state index contributed by atoms with van der Waals surface area (Å²) in [4.78, 5) is 38.6. The van der Waals surface area contributed by atoms with Crippen molar-refractivity contribution in [2.24, 2.45) is 0 Å². The molecular weight excluding hydrogens is 408 g/mol. The number of thiazole rings is 1. The SMILES string of the molecule is CCN(Cc1nc2ccccc2c(=O)[nH]1)C(=O)c1csc(-c2cccc(Cl)c2)n1.